The van der Waals surface area contributed by atoms with Gasteiger partial charge in [0.1, 0.15) is 11.5 Å². The Morgan fingerprint density at radius 1 is 1.00 bits per heavy atom. The SMILES string of the molecule is N#Cc1ccc(CSc2nnc(NC(=O)c3cccc(Oc4ccccc4)c3)s2)cc1. The first-order valence-electron chi connectivity index (χ1n) is 9.29. The van der Waals surface area contributed by atoms with Crippen molar-refractivity contribution in [3.63, 3.8) is 0 Å². The van der Waals surface area contributed by atoms with Gasteiger partial charge in [0.05, 0.1) is 11.6 Å². The fourth-order valence-electron chi connectivity index (χ4n) is 2.63. The molecular formula is C23H16N4O2S2. The lowest BCUT2D eigenvalue weighted by atomic mass is 10.2. The molecule has 31 heavy (non-hydrogen) atoms. The molecule has 4 rings (SSSR count). The minimum Gasteiger partial charge on any atom is -0.457 e. The largest absolute Gasteiger partial charge is 0.457 e. The normalized spacial score (nSPS) is 10.3. The van der Waals surface area contributed by atoms with Gasteiger partial charge in [0.2, 0.25) is 5.13 Å². The first-order valence-corrected chi connectivity index (χ1v) is 11.1. The third kappa shape index (κ3) is 5.69. The molecule has 0 atom stereocenters. The van der Waals surface area contributed by atoms with Crippen LogP contribution < -0.4 is 10.1 Å². The Hall–Kier alpha value is -3.67. The van der Waals surface area contributed by atoms with Crippen molar-refractivity contribution in [1.29, 1.82) is 5.26 Å². The fourth-order valence-corrected chi connectivity index (χ4v) is 4.34. The zero-order chi connectivity index (χ0) is 21.5. The molecule has 1 aromatic heterocycles. The maximum Gasteiger partial charge on any atom is 0.257 e. The second-order valence-electron chi connectivity index (χ2n) is 6.37. The summed E-state index contributed by atoms with van der Waals surface area (Å²) >= 11 is 2.84. The molecule has 1 N–H and O–H groups in total. The van der Waals surface area contributed by atoms with Crippen LogP contribution in [0.5, 0.6) is 11.5 Å². The number of hydrogen-bond acceptors (Lipinski definition) is 7. The molecule has 0 aliphatic carbocycles. The minimum absolute atomic E-state index is 0.279. The van der Waals surface area contributed by atoms with Crippen LogP contribution in [-0.2, 0) is 5.75 Å². The van der Waals surface area contributed by atoms with E-state index in [1.54, 1.807) is 36.4 Å². The van der Waals surface area contributed by atoms with E-state index in [-0.39, 0.29) is 5.91 Å². The van der Waals surface area contributed by atoms with Crippen LogP contribution in [0.2, 0.25) is 0 Å². The van der Waals surface area contributed by atoms with Crippen LogP contribution >= 0.6 is 23.1 Å². The summed E-state index contributed by atoms with van der Waals surface area (Å²) in [6.07, 6.45) is 0. The van der Waals surface area contributed by atoms with Gasteiger partial charge in [-0.15, -0.1) is 10.2 Å². The summed E-state index contributed by atoms with van der Waals surface area (Å²) in [5.74, 6) is 1.70. The molecule has 0 bridgehead atoms. The van der Waals surface area contributed by atoms with E-state index in [2.05, 4.69) is 21.6 Å². The van der Waals surface area contributed by atoms with Crippen molar-refractivity contribution in [3.05, 3.63) is 95.6 Å². The van der Waals surface area contributed by atoms with Crippen LogP contribution in [0, 0.1) is 11.3 Å². The zero-order valence-electron chi connectivity index (χ0n) is 16.2. The number of para-hydroxylation sites is 1. The molecule has 3 aromatic carbocycles. The highest BCUT2D eigenvalue weighted by Gasteiger charge is 2.12. The van der Waals surface area contributed by atoms with E-state index >= 15 is 0 Å². The maximum absolute atomic E-state index is 12.6. The number of rotatable bonds is 7. The molecule has 0 radical (unpaired) electrons. The summed E-state index contributed by atoms with van der Waals surface area (Å²) < 4.78 is 6.54. The monoisotopic (exact) mass is 444 g/mol. The highest BCUT2D eigenvalue weighted by atomic mass is 32.2. The third-order valence-corrected chi connectivity index (χ3v) is 6.19. The van der Waals surface area contributed by atoms with Gasteiger partial charge in [-0.2, -0.15) is 5.26 Å². The van der Waals surface area contributed by atoms with Crippen molar-refractivity contribution < 1.29 is 9.53 Å². The number of benzene rings is 3. The van der Waals surface area contributed by atoms with Crippen LogP contribution in [0.4, 0.5) is 5.13 Å². The van der Waals surface area contributed by atoms with Crippen molar-refractivity contribution >= 4 is 34.1 Å². The number of nitriles is 1. The standard InChI is InChI=1S/C23H16N4O2S2/c24-14-16-9-11-17(12-10-16)15-30-23-27-26-22(31-23)25-21(28)18-5-4-8-20(13-18)29-19-6-2-1-3-7-19/h1-13H,15H2,(H,25,26,28). The van der Waals surface area contributed by atoms with Gasteiger partial charge >= 0.3 is 0 Å². The third-order valence-electron chi connectivity index (χ3n) is 4.15. The van der Waals surface area contributed by atoms with E-state index in [1.165, 1.54) is 23.1 Å². The lowest BCUT2D eigenvalue weighted by Gasteiger charge is -2.07. The number of aromatic nitrogens is 2. The molecule has 8 heteroatoms. The summed E-state index contributed by atoms with van der Waals surface area (Å²) in [6.45, 7) is 0. The summed E-state index contributed by atoms with van der Waals surface area (Å²) in [5, 5.41) is 20.3. The first-order chi connectivity index (χ1) is 15.2. The molecule has 0 fully saturated rings. The van der Waals surface area contributed by atoms with Gasteiger partial charge in [0, 0.05) is 11.3 Å². The van der Waals surface area contributed by atoms with Crippen LogP contribution in [0.3, 0.4) is 0 Å². The number of thioether (sulfide) groups is 1. The van der Waals surface area contributed by atoms with Gasteiger partial charge in [-0.3, -0.25) is 10.1 Å². The van der Waals surface area contributed by atoms with E-state index in [0.29, 0.717) is 33.5 Å². The van der Waals surface area contributed by atoms with Crippen LogP contribution in [-0.4, -0.2) is 16.1 Å². The van der Waals surface area contributed by atoms with Crippen LogP contribution in [0.1, 0.15) is 21.5 Å². The molecule has 6 nitrogen and oxygen atoms in total. The van der Waals surface area contributed by atoms with Gasteiger partial charge in [-0.05, 0) is 48.0 Å². The van der Waals surface area contributed by atoms with Gasteiger partial charge in [0.25, 0.3) is 5.91 Å². The predicted octanol–water partition coefficient (Wildman–Crippen LogP) is 5.75. The Balaban J connectivity index is 1.35. The molecule has 0 aliphatic heterocycles. The fraction of sp³-hybridized carbons (Fsp3) is 0.0435. The van der Waals surface area contributed by atoms with Gasteiger partial charge in [-0.25, -0.2) is 0 Å². The molecule has 0 spiro atoms. The second kappa shape index (κ2) is 9.89. The van der Waals surface area contributed by atoms with Crippen molar-refractivity contribution in [2.24, 2.45) is 0 Å². The van der Waals surface area contributed by atoms with Crippen molar-refractivity contribution in [2.45, 2.75) is 10.1 Å². The number of anilines is 1. The van der Waals surface area contributed by atoms with E-state index in [0.717, 1.165) is 9.90 Å². The molecule has 1 heterocycles. The minimum atomic E-state index is -0.279. The molecule has 0 saturated carbocycles. The predicted molar refractivity (Wildman–Crippen MR) is 122 cm³/mol. The second-order valence-corrected chi connectivity index (χ2v) is 8.57. The molecule has 4 aromatic rings. The van der Waals surface area contributed by atoms with Crippen molar-refractivity contribution in [3.8, 4) is 17.6 Å². The Labute approximate surface area is 187 Å². The molecule has 0 saturated heterocycles. The van der Waals surface area contributed by atoms with E-state index < -0.39 is 0 Å². The lowest BCUT2D eigenvalue weighted by molar-refractivity contribution is 0.102. The first kappa shape index (κ1) is 20.6. The lowest BCUT2D eigenvalue weighted by Crippen LogP contribution is -2.11. The Kier molecular flexibility index (Phi) is 6.57. The summed E-state index contributed by atoms with van der Waals surface area (Å²) in [4.78, 5) is 12.6. The average Bonchev–Trinajstić information content (AvgIpc) is 3.26. The summed E-state index contributed by atoms with van der Waals surface area (Å²) in [5.41, 5.74) is 2.18. The number of hydrogen-bond donors (Lipinski definition) is 1. The number of nitrogens with zero attached hydrogens (tertiary/aromatic N) is 3. The number of nitrogens with one attached hydrogen (secondary N) is 1. The molecular weight excluding hydrogens is 428 g/mol. The average molecular weight is 445 g/mol. The molecule has 0 unspecified atom stereocenters. The zero-order valence-corrected chi connectivity index (χ0v) is 17.8. The molecule has 152 valence electrons. The van der Waals surface area contributed by atoms with Crippen molar-refractivity contribution in [2.75, 3.05) is 5.32 Å². The Bertz CT molecular complexity index is 1220. The summed E-state index contributed by atoms with van der Waals surface area (Å²) in [6, 6.07) is 25.9. The van der Waals surface area contributed by atoms with Crippen molar-refractivity contribution in [1.82, 2.24) is 10.2 Å². The highest BCUT2D eigenvalue weighted by molar-refractivity contribution is 8.00. The number of amides is 1. The number of ether oxygens (including phenoxy) is 1. The topological polar surface area (TPSA) is 87.9 Å². The maximum atomic E-state index is 12.6. The van der Waals surface area contributed by atoms with E-state index in [1.807, 2.05) is 42.5 Å². The number of carbonyl (C=O) groups excluding carboxylic acids is 1. The smallest absolute Gasteiger partial charge is 0.257 e. The molecule has 1 amide bonds. The van der Waals surface area contributed by atoms with Gasteiger partial charge in [-0.1, -0.05) is 59.5 Å². The Morgan fingerprint density at radius 3 is 2.55 bits per heavy atom. The highest BCUT2D eigenvalue weighted by Crippen LogP contribution is 2.29. The Morgan fingerprint density at radius 2 is 1.77 bits per heavy atom. The van der Waals surface area contributed by atoms with Gasteiger partial charge < -0.3 is 4.74 Å². The van der Waals surface area contributed by atoms with E-state index in [9.17, 15) is 4.79 Å². The quantitative estimate of drug-likeness (QED) is 0.289. The number of carbonyl (C=O) groups is 1. The van der Waals surface area contributed by atoms with Crippen LogP contribution in [0.25, 0.3) is 0 Å². The molecule has 0 aliphatic rings. The van der Waals surface area contributed by atoms with Gasteiger partial charge in [0.15, 0.2) is 4.34 Å². The van der Waals surface area contributed by atoms with Crippen LogP contribution in [0.15, 0.2) is 83.2 Å². The summed E-state index contributed by atoms with van der Waals surface area (Å²) in [7, 11) is 0. The van der Waals surface area contributed by atoms with E-state index in [4.69, 9.17) is 10.00 Å².